The predicted molar refractivity (Wildman–Crippen MR) is 207 cm³/mol. The maximum Gasteiger partial charge on any atom is 0.160 e. The number of aromatic nitrogens is 2. The van der Waals surface area contributed by atoms with Crippen molar-refractivity contribution >= 4 is 11.4 Å². The monoisotopic (exact) mass is 641 g/mol. The van der Waals surface area contributed by atoms with E-state index in [1.807, 2.05) is 12.1 Å². The van der Waals surface area contributed by atoms with Crippen LogP contribution in [0.4, 0.5) is 11.4 Å². The Morgan fingerprint density at radius 1 is 0.480 bits per heavy atom. The highest BCUT2D eigenvalue weighted by atomic mass is 15.2. The number of hydrogen-bond donors (Lipinski definition) is 0. The summed E-state index contributed by atoms with van der Waals surface area (Å²) >= 11 is 0. The van der Waals surface area contributed by atoms with Crippen LogP contribution < -0.4 is 4.90 Å². The first-order chi connectivity index (χ1) is 24.6. The molecule has 238 valence electrons. The van der Waals surface area contributed by atoms with E-state index in [2.05, 4.69) is 188 Å². The van der Waals surface area contributed by atoms with Gasteiger partial charge in [-0.15, -0.1) is 0 Å². The average Bonchev–Trinajstić information content (AvgIpc) is 3.47. The van der Waals surface area contributed by atoms with Gasteiger partial charge < -0.3 is 4.90 Å². The lowest BCUT2D eigenvalue weighted by molar-refractivity contribution is 0.542. The highest BCUT2D eigenvalue weighted by molar-refractivity contribution is 5.80. The Morgan fingerprint density at radius 3 is 1.56 bits per heavy atom. The number of hydrogen-bond acceptors (Lipinski definition) is 3. The third-order valence-electron chi connectivity index (χ3n) is 10.2. The van der Waals surface area contributed by atoms with Crippen molar-refractivity contribution in [3.8, 4) is 56.2 Å². The van der Waals surface area contributed by atoms with Gasteiger partial charge in [-0.1, -0.05) is 164 Å². The van der Waals surface area contributed by atoms with Crippen LogP contribution in [0, 0.1) is 0 Å². The van der Waals surface area contributed by atoms with E-state index < -0.39 is 0 Å². The Hall–Kier alpha value is -6.32. The van der Waals surface area contributed by atoms with Crippen LogP contribution in [0.1, 0.15) is 18.4 Å². The van der Waals surface area contributed by atoms with Crippen molar-refractivity contribution < 1.29 is 0 Å². The van der Waals surface area contributed by atoms with Gasteiger partial charge in [0.05, 0.1) is 16.9 Å². The molecule has 0 spiro atoms. The first-order valence-corrected chi connectivity index (χ1v) is 17.2. The molecule has 0 saturated carbocycles. The molecule has 2 aliphatic rings. The lowest BCUT2D eigenvalue weighted by atomic mass is 9.80. The van der Waals surface area contributed by atoms with E-state index in [4.69, 9.17) is 9.97 Å². The average molecular weight is 642 g/mol. The summed E-state index contributed by atoms with van der Waals surface area (Å²) in [4.78, 5) is 12.8. The van der Waals surface area contributed by atoms with Gasteiger partial charge in [0.2, 0.25) is 0 Å². The van der Waals surface area contributed by atoms with E-state index in [-0.39, 0.29) is 5.54 Å². The molecule has 50 heavy (non-hydrogen) atoms. The molecule has 1 aliphatic carbocycles. The van der Waals surface area contributed by atoms with E-state index in [9.17, 15) is 0 Å². The molecule has 1 aliphatic heterocycles. The van der Waals surface area contributed by atoms with Gasteiger partial charge in [-0.25, -0.2) is 9.97 Å². The molecule has 0 saturated heterocycles. The Kier molecular flexibility index (Phi) is 7.32. The molecule has 3 nitrogen and oxygen atoms in total. The van der Waals surface area contributed by atoms with Crippen LogP contribution >= 0.6 is 0 Å². The summed E-state index contributed by atoms with van der Waals surface area (Å²) in [6.45, 7) is 2.33. The summed E-state index contributed by atoms with van der Waals surface area (Å²) in [5, 5.41) is 0. The van der Waals surface area contributed by atoms with E-state index in [0.717, 1.165) is 33.8 Å². The number of para-hydroxylation sites is 1. The van der Waals surface area contributed by atoms with Gasteiger partial charge in [0.15, 0.2) is 5.82 Å². The minimum Gasteiger partial charge on any atom is -0.331 e. The molecule has 0 fully saturated rings. The largest absolute Gasteiger partial charge is 0.331 e. The lowest BCUT2D eigenvalue weighted by Gasteiger charge is -2.39. The Morgan fingerprint density at radius 2 is 0.960 bits per heavy atom. The fourth-order valence-corrected chi connectivity index (χ4v) is 7.55. The lowest BCUT2D eigenvalue weighted by Crippen LogP contribution is -2.41. The van der Waals surface area contributed by atoms with E-state index in [1.165, 1.54) is 33.5 Å². The predicted octanol–water partition coefficient (Wildman–Crippen LogP) is 11.9. The summed E-state index contributed by atoms with van der Waals surface area (Å²) in [7, 11) is 0. The Labute approximate surface area is 293 Å². The minimum absolute atomic E-state index is 0.174. The zero-order valence-corrected chi connectivity index (χ0v) is 27.8. The fourth-order valence-electron chi connectivity index (χ4n) is 7.55. The molecular weight excluding hydrogens is 607 g/mol. The molecule has 2 unspecified atom stereocenters. The molecule has 7 aromatic rings. The number of fused-ring (bicyclic) bond motifs is 3. The summed E-state index contributed by atoms with van der Waals surface area (Å²) in [5.74, 6) is 1.01. The van der Waals surface area contributed by atoms with Crippen molar-refractivity contribution in [3.63, 3.8) is 0 Å². The second-order valence-electron chi connectivity index (χ2n) is 13.2. The Balaban J connectivity index is 1.11. The van der Waals surface area contributed by atoms with Crippen LogP contribution in [-0.4, -0.2) is 15.5 Å². The maximum atomic E-state index is 5.16. The van der Waals surface area contributed by atoms with Crippen molar-refractivity contribution in [2.24, 2.45) is 0 Å². The van der Waals surface area contributed by atoms with Crippen LogP contribution in [0.3, 0.4) is 0 Å². The zero-order chi connectivity index (χ0) is 33.5. The van der Waals surface area contributed by atoms with E-state index >= 15 is 0 Å². The number of allylic oxidation sites excluding steroid dienone is 2. The highest BCUT2D eigenvalue weighted by Gasteiger charge is 2.46. The topological polar surface area (TPSA) is 29.0 Å². The summed E-state index contributed by atoms with van der Waals surface area (Å²) < 4.78 is 0. The van der Waals surface area contributed by atoms with Gasteiger partial charge in [-0.05, 0) is 59.0 Å². The van der Waals surface area contributed by atoms with Crippen LogP contribution in [0.2, 0.25) is 0 Å². The van der Waals surface area contributed by atoms with Crippen molar-refractivity contribution in [3.05, 3.63) is 194 Å². The second kappa shape index (κ2) is 12.3. The van der Waals surface area contributed by atoms with Gasteiger partial charge >= 0.3 is 0 Å². The molecule has 0 amide bonds. The number of anilines is 2. The summed E-state index contributed by atoms with van der Waals surface area (Å²) in [5.41, 5.74) is 13.2. The molecule has 2 atom stereocenters. The van der Waals surface area contributed by atoms with Crippen molar-refractivity contribution in [1.29, 1.82) is 0 Å². The molecule has 9 rings (SSSR count). The molecule has 0 bridgehead atoms. The smallest absolute Gasteiger partial charge is 0.160 e. The molecule has 6 aromatic carbocycles. The van der Waals surface area contributed by atoms with E-state index in [1.54, 1.807) is 0 Å². The van der Waals surface area contributed by atoms with Crippen molar-refractivity contribution in [1.82, 2.24) is 9.97 Å². The molecule has 0 N–H and O–H groups in total. The zero-order valence-electron chi connectivity index (χ0n) is 27.8. The third-order valence-corrected chi connectivity index (χ3v) is 10.2. The van der Waals surface area contributed by atoms with Gasteiger partial charge in [0, 0.05) is 34.0 Å². The minimum atomic E-state index is -0.174. The first-order valence-electron chi connectivity index (χ1n) is 17.2. The highest BCUT2D eigenvalue weighted by Crippen LogP contribution is 2.53. The Bertz CT molecular complexity index is 2260. The normalized spacial score (nSPS) is 17.4. The molecule has 1 aromatic heterocycles. The van der Waals surface area contributed by atoms with Crippen LogP contribution in [0.5, 0.6) is 0 Å². The fraction of sp³-hybridized carbons (Fsp3) is 0.0638. The van der Waals surface area contributed by atoms with Gasteiger partial charge in [0.25, 0.3) is 0 Å². The summed E-state index contributed by atoms with van der Waals surface area (Å²) in [6.07, 6.45) is 9.01. The van der Waals surface area contributed by atoms with Crippen LogP contribution in [-0.2, 0) is 0 Å². The molecule has 2 heterocycles. The quantitative estimate of drug-likeness (QED) is 0.181. The van der Waals surface area contributed by atoms with Gasteiger partial charge in [-0.2, -0.15) is 0 Å². The van der Waals surface area contributed by atoms with Gasteiger partial charge in [-0.3, -0.25) is 0 Å². The SMILES string of the molecule is CC12C=CC=CC1c1ccccc1N2c1ccc(-c2cc(-c3ccc(-c4ccccc4)cc3)nc(-c3ccc(-c4ccccc4)cc3)n2)cc1. The third kappa shape index (κ3) is 5.24. The number of benzene rings is 6. The number of rotatable bonds is 6. The van der Waals surface area contributed by atoms with Crippen molar-refractivity contribution in [2.75, 3.05) is 4.90 Å². The maximum absolute atomic E-state index is 5.16. The summed E-state index contributed by atoms with van der Waals surface area (Å²) in [6, 6.07) is 57.9. The van der Waals surface area contributed by atoms with E-state index in [0.29, 0.717) is 11.7 Å². The van der Waals surface area contributed by atoms with Crippen molar-refractivity contribution in [2.45, 2.75) is 18.4 Å². The molecule has 3 heteroatoms. The van der Waals surface area contributed by atoms with Crippen LogP contribution in [0.25, 0.3) is 56.2 Å². The standard InChI is InChI=1S/C47H35N3/c1-47-31-11-10-17-42(47)41-16-8-9-18-45(41)50(47)40-29-27-38(28-30-40)44-32-43(37-23-19-35(20-24-37)33-12-4-2-5-13-33)48-46(49-44)39-25-21-36(22-26-39)34-14-6-3-7-15-34/h2-32,42H,1H3. The second-order valence-corrected chi connectivity index (χ2v) is 13.2. The van der Waals surface area contributed by atoms with Gasteiger partial charge in [0.1, 0.15) is 0 Å². The first kappa shape index (κ1) is 29.8. The number of nitrogens with zero attached hydrogens (tertiary/aromatic N) is 3. The molecular formula is C47H35N3. The molecule has 0 radical (unpaired) electrons. The van der Waals surface area contributed by atoms with Crippen LogP contribution in [0.15, 0.2) is 188 Å².